The quantitative estimate of drug-likeness (QED) is 0.544. The summed E-state index contributed by atoms with van der Waals surface area (Å²) < 4.78 is 0. The molecule has 0 aromatic heterocycles. The summed E-state index contributed by atoms with van der Waals surface area (Å²) in [6, 6.07) is 0. The fourth-order valence-electron chi connectivity index (χ4n) is 0.834. The van der Waals surface area contributed by atoms with Gasteiger partial charge in [0, 0.05) is 0 Å². The van der Waals surface area contributed by atoms with E-state index in [2.05, 4.69) is 50.8 Å². The van der Waals surface area contributed by atoms with Crippen molar-refractivity contribution in [2.45, 2.75) is 33.6 Å². The van der Waals surface area contributed by atoms with Crippen LogP contribution in [0.5, 0.6) is 0 Å². The van der Waals surface area contributed by atoms with E-state index in [4.69, 9.17) is 0 Å². The molecule has 0 heteroatoms. The molecule has 0 atom stereocenters. The van der Waals surface area contributed by atoms with Gasteiger partial charge in [-0.3, -0.25) is 0 Å². The van der Waals surface area contributed by atoms with E-state index in [1.807, 2.05) is 6.92 Å². The lowest BCUT2D eigenvalue weighted by Crippen LogP contribution is -1.73. The lowest BCUT2D eigenvalue weighted by atomic mass is 10.1. The van der Waals surface area contributed by atoms with Gasteiger partial charge in [-0.15, -0.1) is 0 Å². The van der Waals surface area contributed by atoms with Crippen LogP contribution in [-0.2, 0) is 0 Å². The SMILES string of the molecule is C=C(\C=C/C(/C=C\CC)=C\C)CC. The minimum Gasteiger partial charge on any atom is -0.0958 e. The van der Waals surface area contributed by atoms with Crippen molar-refractivity contribution in [3.63, 3.8) is 0 Å². The van der Waals surface area contributed by atoms with Crippen LogP contribution in [0.15, 0.2) is 48.1 Å². The average Bonchev–Trinajstić information content (AvgIpc) is 2.17. The lowest BCUT2D eigenvalue weighted by Gasteiger charge is -1.93. The van der Waals surface area contributed by atoms with Crippen LogP contribution in [0.4, 0.5) is 0 Å². The van der Waals surface area contributed by atoms with Gasteiger partial charge in [-0.25, -0.2) is 0 Å². The van der Waals surface area contributed by atoms with Gasteiger partial charge in [-0.2, -0.15) is 0 Å². The molecule has 0 saturated carbocycles. The maximum absolute atomic E-state index is 3.92. The van der Waals surface area contributed by atoms with Crippen molar-refractivity contribution in [3.8, 4) is 0 Å². The Bertz CT molecular complexity index is 226. The predicted octanol–water partition coefficient (Wildman–Crippen LogP) is 4.42. The molecule has 0 unspecified atom stereocenters. The fraction of sp³-hybridized carbons (Fsp3) is 0.385. The number of hydrogen-bond acceptors (Lipinski definition) is 0. The highest BCUT2D eigenvalue weighted by molar-refractivity contribution is 5.33. The van der Waals surface area contributed by atoms with E-state index < -0.39 is 0 Å². The second-order valence-corrected chi connectivity index (χ2v) is 2.94. The highest BCUT2D eigenvalue weighted by Gasteiger charge is 1.84. The van der Waals surface area contributed by atoms with Crippen LogP contribution in [0, 0.1) is 0 Å². The Labute approximate surface area is 82.4 Å². The minimum absolute atomic E-state index is 1.02. The first-order chi connectivity index (χ1) is 6.24. The third-order valence-electron chi connectivity index (χ3n) is 1.84. The zero-order valence-corrected chi connectivity index (χ0v) is 9.01. The van der Waals surface area contributed by atoms with E-state index in [0.29, 0.717) is 0 Å². The molecule has 0 aromatic carbocycles. The summed E-state index contributed by atoms with van der Waals surface area (Å²) in [7, 11) is 0. The van der Waals surface area contributed by atoms with E-state index in [0.717, 1.165) is 12.8 Å². The standard InChI is InChI=1S/C13H20/c1-5-8-9-13(7-3)11-10-12(4)6-2/h7-11H,4-6H2,1-3H3/b9-8-,11-10-,13-7-. The van der Waals surface area contributed by atoms with E-state index in [1.54, 1.807) is 0 Å². The zero-order chi connectivity index (χ0) is 10.1. The Morgan fingerprint density at radius 1 is 1.15 bits per heavy atom. The van der Waals surface area contributed by atoms with Gasteiger partial charge in [-0.05, 0) is 25.3 Å². The zero-order valence-electron chi connectivity index (χ0n) is 9.01. The van der Waals surface area contributed by atoms with Gasteiger partial charge in [0.15, 0.2) is 0 Å². The molecule has 0 amide bonds. The molecule has 0 nitrogen and oxygen atoms in total. The summed E-state index contributed by atoms with van der Waals surface area (Å²) in [5.41, 5.74) is 2.42. The summed E-state index contributed by atoms with van der Waals surface area (Å²) in [5.74, 6) is 0. The Hall–Kier alpha value is -1.04. The van der Waals surface area contributed by atoms with Crippen LogP contribution in [0.2, 0.25) is 0 Å². The molecule has 0 N–H and O–H groups in total. The van der Waals surface area contributed by atoms with Crippen LogP contribution >= 0.6 is 0 Å². The van der Waals surface area contributed by atoms with Crippen molar-refractivity contribution < 1.29 is 0 Å². The first-order valence-electron chi connectivity index (χ1n) is 4.93. The molecular formula is C13H20. The topological polar surface area (TPSA) is 0 Å². The second-order valence-electron chi connectivity index (χ2n) is 2.94. The molecule has 0 radical (unpaired) electrons. The van der Waals surface area contributed by atoms with Crippen molar-refractivity contribution in [1.29, 1.82) is 0 Å². The molecule has 0 aliphatic heterocycles. The number of allylic oxidation sites excluding steroid dienone is 7. The third-order valence-corrected chi connectivity index (χ3v) is 1.84. The van der Waals surface area contributed by atoms with E-state index in [1.165, 1.54) is 11.1 Å². The monoisotopic (exact) mass is 176 g/mol. The minimum atomic E-state index is 1.02. The van der Waals surface area contributed by atoms with Crippen molar-refractivity contribution in [2.75, 3.05) is 0 Å². The van der Waals surface area contributed by atoms with Gasteiger partial charge >= 0.3 is 0 Å². The molecule has 0 spiro atoms. The maximum atomic E-state index is 3.92. The van der Waals surface area contributed by atoms with E-state index in [9.17, 15) is 0 Å². The van der Waals surface area contributed by atoms with Gasteiger partial charge in [-0.1, -0.05) is 56.4 Å². The Balaban J connectivity index is 4.22. The molecule has 0 fully saturated rings. The molecule has 0 aliphatic carbocycles. The number of hydrogen-bond donors (Lipinski definition) is 0. The summed E-state index contributed by atoms with van der Waals surface area (Å²) in [6.45, 7) is 10.2. The fourth-order valence-corrected chi connectivity index (χ4v) is 0.834. The van der Waals surface area contributed by atoms with E-state index in [-0.39, 0.29) is 0 Å². The molecule has 0 aromatic rings. The first kappa shape index (κ1) is 12.0. The van der Waals surface area contributed by atoms with Crippen molar-refractivity contribution >= 4 is 0 Å². The summed E-state index contributed by atoms with van der Waals surface area (Å²) >= 11 is 0. The van der Waals surface area contributed by atoms with Gasteiger partial charge in [0.25, 0.3) is 0 Å². The Morgan fingerprint density at radius 3 is 2.31 bits per heavy atom. The summed E-state index contributed by atoms with van der Waals surface area (Å²) in [6.07, 6.45) is 12.7. The van der Waals surface area contributed by atoms with Crippen molar-refractivity contribution in [2.24, 2.45) is 0 Å². The third kappa shape index (κ3) is 6.15. The first-order valence-corrected chi connectivity index (χ1v) is 4.93. The van der Waals surface area contributed by atoms with Crippen LogP contribution in [0.25, 0.3) is 0 Å². The van der Waals surface area contributed by atoms with Crippen molar-refractivity contribution in [3.05, 3.63) is 48.1 Å². The highest BCUT2D eigenvalue weighted by Crippen LogP contribution is 2.04. The Kier molecular flexibility index (Phi) is 6.99. The molecule has 72 valence electrons. The van der Waals surface area contributed by atoms with Gasteiger partial charge < -0.3 is 0 Å². The summed E-state index contributed by atoms with van der Waals surface area (Å²) in [5, 5.41) is 0. The van der Waals surface area contributed by atoms with Gasteiger partial charge in [0.1, 0.15) is 0 Å². The molecule has 0 aliphatic rings. The molecule has 0 bridgehead atoms. The second kappa shape index (κ2) is 7.60. The number of rotatable bonds is 5. The van der Waals surface area contributed by atoms with E-state index >= 15 is 0 Å². The van der Waals surface area contributed by atoms with Crippen LogP contribution in [0.1, 0.15) is 33.6 Å². The predicted molar refractivity (Wildman–Crippen MR) is 61.8 cm³/mol. The van der Waals surface area contributed by atoms with Crippen molar-refractivity contribution in [1.82, 2.24) is 0 Å². The largest absolute Gasteiger partial charge is 0.0958 e. The van der Waals surface area contributed by atoms with Crippen LogP contribution in [-0.4, -0.2) is 0 Å². The average molecular weight is 176 g/mol. The smallest absolute Gasteiger partial charge is 0.0303 e. The highest BCUT2D eigenvalue weighted by atomic mass is 13.9. The van der Waals surface area contributed by atoms with Crippen LogP contribution < -0.4 is 0 Å². The normalized spacial score (nSPS) is 13.0. The lowest BCUT2D eigenvalue weighted by molar-refractivity contribution is 1.16. The molecule has 0 rings (SSSR count). The molecular weight excluding hydrogens is 156 g/mol. The Morgan fingerprint density at radius 2 is 1.85 bits per heavy atom. The molecule has 13 heavy (non-hydrogen) atoms. The van der Waals surface area contributed by atoms with Gasteiger partial charge in [0.05, 0.1) is 0 Å². The molecule has 0 saturated heterocycles. The van der Waals surface area contributed by atoms with Crippen LogP contribution in [0.3, 0.4) is 0 Å². The summed E-state index contributed by atoms with van der Waals surface area (Å²) in [4.78, 5) is 0. The van der Waals surface area contributed by atoms with Gasteiger partial charge in [0.2, 0.25) is 0 Å². The maximum Gasteiger partial charge on any atom is -0.0303 e. The molecule has 0 heterocycles.